The number of hydrogen-bond donors (Lipinski definition) is 1. The average Bonchev–Trinajstić information content (AvgIpc) is 3.28. The Morgan fingerprint density at radius 3 is 2.73 bits per heavy atom. The second-order valence-corrected chi connectivity index (χ2v) is 6.12. The molecule has 2 N–H and O–H groups in total. The Balaban J connectivity index is 1.72. The standard InChI is InChI=1S/C17H15N7O2/c1-9(2)24-15-6-4-11(8-14(15)20-23-24)17-19-16(22-26-17)10-3-5-12(18)13(7-10)21-25/h3-9H,18H2,1-2H3. The monoisotopic (exact) mass is 349 g/mol. The molecule has 0 atom stereocenters. The molecule has 130 valence electrons. The van der Waals surface area contributed by atoms with E-state index in [-0.39, 0.29) is 11.7 Å². The van der Waals surface area contributed by atoms with Gasteiger partial charge in [0.1, 0.15) is 11.2 Å². The summed E-state index contributed by atoms with van der Waals surface area (Å²) in [4.78, 5) is 15.2. The molecule has 2 aromatic carbocycles. The minimum Gasteiger partial charge on any atom is -0.397 e. The molecule has 0 saturated heterocycles. The zero-order valence-electron chi connectivity index (χ0n) is 14.1. The summed E-state index contributed by atoms with van der Waals surface area (Å²) in [5.74, 6) is 0.689. The number of fused-ring (bicyclic) bond motifs is 1. The number of nitrogens with zero attached hydrogens (tertiary/aromatic N) is 6. The molecule has 0 radical (unpaired) electrons. The molecule has 9 heteroatoms. The van der Waals surface area contributed by atoms with Gasteiger partial charge in [-0.05, 0) is 55.4 Å². The maximum atomic E-state index is 10.8. The number of rotatable bonds is 4. The molecule has 0 fully saturated rings. The van der Waals surface area contributed by atoms with Gasteiger partial charge in [-0.15, -0.1) is 10.0 Å². The van der Waals surface area contributed by atoms with Crippen molar-refractivity contribution in [3.05, 3.63) is 41.3 Å². The van der Waals surface area contributed by atoms with E-state index in [0.717, 1.165) is 16.6 Å². The Kier molecular flexibility index (Phi) is 3.68. The van der Waals surface area contributed by atoms with Gasteiger partial charge >= 0.3 is 0 Å². The van der Waals surface area contributed by atoms with Crippen LogP contribution in [-0.2, 0) is 0 Å². The fraction of sp³-hybridized carbons (Fsp3) is 0.176. The molecule has 0 spiro atoms. The Morgan fingerprint density at radius 2 is 1.96 bits per heavy atom. The first-order valence-electron chi connectivity index (χ1n) is 7.99. The van der Waals surface area contributed by atoms with E-state index in [1.54, 1.807) is 12.1 Å². The number of hydrogen-bond acceptors (Lipinski definition) is 8. The summed E-state index contributed by atoms with van der Waals surface area (Å²) in [6, 6.07) is 10.7. The van der Waals surface area contributed by atoms with Crippen molar-refractivity contribution < 1.29 is 4.52 Å². The Labute approximate surface area is 147 Å². The first kappa shape index (κ1) is 15.9. The quantitative estimate of drug-likeness (QED) is 0.439. The summed E-state index contributed by atoms with van der Waals surface area (Å²) in [6.45, 7) is 4.09. The SMILES string of the molecule is CC(C)n1nnc2cc(-c3nc(-c4ccc(N)c(N=O)c4)no3)ccc21. The van der Waals surface area contributed by atoms with E-state index in [1.807, 2.05) is 36.7 Å². The van der Waals surface area contributed by atoms with Gasteiger partial charge in [0.05, 0.1) is 11.2 Å². The second-order valence-electron chi connectivity index (χ2n) is 6.12. The lowest BCUT2D eigenvalue weighted by Gasteiger charge is -2.04. The summed E-state index contributed by atoms with van der Waals surface area (Å²) < 4.78 is 7.20. The van der Waals surface area contributed by atoms with E-state index >= 15 is 0 Å². The van der Waals surface area contributed by atoms with Crippen LogP contribution in [0.1, 0.15) is 19.9 Å². The van der Waals surface area contributed by atoms with Gasteiger partial charge in [-0.3, -0.25) is 0 Å². The third-order valence-corrected chi connectivity index (χ3v) is 4.02. The van der Waals surface area contributed by atoms with E-state index < -0.39 is 0 Å². The Morgan fingerprint density at radius 1 is 1.15 bits per heavy atom. The lowest BCUT2D eigenvalue weighted by molar-refractivity contribution is 0.432. The van der Waals surface area contributed by atoms with Crippen LogP contribution in [0, 0.1) is 4.91 Å². The van der Waals surface area contributed by atoms with Crippen molar-refractivity contribution in [3.8, 4) is 22.8 Å². The normalized spacial score (nSPS) is 11.3. The zero-order chi connectivity index (χ0) is 18.3. The molecule has 0 saturated carbocycles. The van der Waals surface area contributed by atoms with E-state index in [0.29, 0.717) is 23.0 Å². The van der Waals surface area contributed by atoms with Crippen LogP contribution >= 0.6 is 0 Å². The van der Waals surface area contributed by atoms with Crippen molar-refractivity contribution in [2.75, 3.05) is 5.73 Å². The molecule has 0 aliphatic heterocycles. The number of aromatic nitrogens is 5. The molecule has 0 unspecified atom stereocenters. The van der Waals surface area contributed by atoms with Crippen molar-refractivity contribution in [3.63, 3.8) is 0 Å². The fourth-order valence-corrected chi connectivity index (χ4v) is 2.68. The average molecular weight is 349 g/mol. The van der Waals surface area contributed by atoms with Crippen LogP contribution < -0.4 is 5.73 Å². The van der Waals surface area contributed by atoms with Crippen molar-refractivity contribution in [1.82, 2.24) is 25.1 Å². The van der Waals surface area contributed by atoms with Gasteiger partial charge < -0.3 is 10.3 Å². The summed E-state index contributed by atoms with van der Waals surface area (Å²) in [7, 11) is 0. The van der Waals surface area contributed by atoms with Crippen LogP contribution in [0.5, 0.6) is 0 Å². The first-order chi connectivity index (χ1) is 12.6. The predicted octanol–water partition coefficient (Wildman–Crippen LogP) is 3.71. The molecule has 2 aromatic heterocycles. The maximum Gasteiger partial charge on any atom is 0.258 e. The van der Waals surface area contributed by atoms with Crippen molar-refractivity contribution >= 4 is 22.4 Å². The van der Waals surface area contributed by atoms with Crippen molar-refractivity contribution in [2.45, 2.75) is 19.9 Å². The van der Waals surface area contributed by atoms with Gasteiger partial charge in [0.25, 0.3) is 5.89 Å². The molecule has 4 rings (SSSR count). The molecule has 9 nitrogen and oxygen atoms in total. The number of nitrogen functional groups attached to an aromatic ring is 1. The number of nitrogens with two attached hydrogens (primary N) is 1. The lowest BCUT2D eigenvalue weighted by Crippen LogP contribution is -2.02. The Bertz CT molecular complexity index is 1110. The molecule has 4 aromatic rings. The predicted molar refractivity (Wildman–Crippen MR) is 96.5 cm³/mol. The highest BCUT2D eigenvalue weighted by atomic mass is 16.5. The smallest absolute Gasteiger partial charge is 0.258 e. The largest absolute Gasteiger partial charge is 0.397 e. The molecule has 0 aliphatic carbocycles. The Hall–Kier alpha value is -3.62. The molecular weight excluding hydrogens is 334 g/mol. The van der Waals surface area contributed by atoms with Crippen LogP contribution in [0.3, 0.4) is 0 Å². The van der Waals surface area contributed by atoms with E-state index in [9.17, 15) is 4.91 Å². The molecule has 2 heterocycles. The van der Waals surface area contributed by atoms with Gasteiger partial charge in [0.2, 0.25) is 5.82 Å². The van der Waals surface area contributed by atoms with Crippen LogP contribution in [-0.4, -0.2) is 25.1 Å². The topological polar surface area (TPSA) is 125 Å². The summed E-state index contributed by atoms with van der Waals surface area (Å²) >= 11 is 0. The third kappa shape index (κ3) is 2.59. The molecule has 0 aliphatic rings. The second kappa shape index (κ2) is 6.03. The molecule has 0 bridgehead atoms. The van der Waals surface area contributed by atoms with Crippen LogP contribution in [0.15, 0.2) is 46.1 Å². The van der Waals surface area contributed by atoms with Crippen molar-refractivity contribution in [1.29, 1.82) is 0 Å². The number of nitroso groups, excluding NO2 is 1. The first-order valence-corrected chi connectivity index (χ1v) is 7.99. The van der Waals surface area contributed by atoms with Gasteiger partial charge in [0, 0.05) is 17.2 Å². The van der Waals surface area contributed by atoms with Gasteiger partial charge in [0.15, 0.2) is 0 Å². The highest BCUT2D eigenvalue weighted by Crippen LogP contribution is 2.29. The molecular formula is C17H15N7O2. The minimum absolute atomic E-state index is 0.139. The minimum atomic E-state index is 0.139. The summed E-state index contributed by atoms with van der Waals surface area (Å²) in [5.41, 5.74) is 9.12. The van der Waals surface area contributed by atoms with Crippen LogP contribution in [0.25, 0.3) is 33.9 Å². The zero-order valence-corrected chi connectivity index (χ0v) is 14.1. The fourth-order valence-electron chi connectivity index (χ4n) is 2.68. The van der Waals surface area contributed by atoms with Gasteiger partial charge in [-0.1, -0.05) is 10.4 Å². The molecule has 0 amide bonds. The lowest BCUT2D eigenvalue weighted by atomic mass is 10.1. The van der Waals surface area contributed by atoms with E-state index in [2.05, 4.69) is 25.6 Å². The number of benzene rings is 2. The van der Waals surface area contributed by atoms with Crippen LogP contribution in [0.4, 0.5) is 11.4 Å². The highest BCUT2D eigenvalue weighted by Gasteiger charge is 2.15. The van der Waals surface area contributed by atoms with E-state index in [4.69, 9.17) is 10.3 Å². The van der Waals surface area contributed by atoms with Crippen LogP contribution in [0.2, 0.25) is 0 Å². The van der Waals surface area contributed by atoms with Gasteiger partial charge in [-0.25, -0.2) is 4.68 Å². The van der Waals surface area contributed by atoms with Crippen molar-refractivity contribution in [2.24, 2.45) is 5.18 Å². The maximum absolute atomic E-state index is 10.8. The summed E-state index contributed by atoms with van der Waals surface area (Å²) in [6.07, 6.45) is 0. The third-order valence-electron chi connectivity index (χ3n) is 4.02. The van der Waals surface area contributed by atoms with Gasteiger partial charge in [-0.2, -0.15) is 4.98 Å². The number of anilines is 1. The molecule has 26 heavy (non-hydrogen) atoms. The van der Waals surface area contributed by atoms with E-state index in [1.165, 1.54) is 6.07 Å². The highest BCUT2D eigenvalue weighted by molar-refractivity contribution is 5.80. The summed E-state index contributed by atoms with van der Waals surface area (Å²) in [5, 5.41) is 15.2.